The van der Waals surface area contributed by atoms with Crippen LogP contribution < -0.4 is 25.0 Å². The van der Waals surface area contributed by atoms with Crippen molar-refractivity contribution in [3.8, 4) is 17.2 Å². The number of aromatic nitrogens is 2. The van der Waals surface area contributed by atoms with Gasteiger partial charge in [-0.1, -0.05) is 26.8 Å². The number of carbonyl (C=O) groups is 1. The molecule has 2 aromatic heterocycles. The van der Waals surface area contributed by atoms with E-state index < -0.39 is 5.41 Å². The third-order valence-corrected chi connectivity index (χ3v) is 7.55. The van der Waals surface area contributed by atoms with Gasteiger partial charge < -0.3 is 29.6 Å². The molecule has 1 saturated heterocycles. The van der Waals surface area contributed by atoms with Gasteiger partial charge in [0.25, 0.3) is 0 Å². The number of ether oxygens (including phenoxy) is 2. The summed E-state index contributed by atoms with van der Waals surface area (Å²) in [6.45, 7) is 7.71. The molecule has 0 spiro atoms. The van der Waals surface area contributed by atoms with E-state index in [0.717, 1.165) is 34.2 Å². The zero-order valence-electron chi connectivity index (χ0n) is 24.1. The first-order chi connectivity index (χ1) is 19.6. The molecule has 1 fully saturated rings. The number of thiocarbonyl (C=S) groups is 1. The van der Waals surface area contributed by atoms with Crippen LogP contribution in [0.3, 0.4) is 0 Å². The highest BCUT2D eigenvalue weighted by Gasteiger charge is 2.42. The maximum absolute atomic E-state index is 12.7. The van der Waals surface area contributed by atoms with Gasteiger partial charge in [0, 0.05) is 40.4 Å². The topological polar surface area (TPSA) is 80.7 Å². The Labute approximate surface area is 246 Å². The molecular formula is C32H35N5O3S. The van der Waals surface area contributed by atoms with Crippen LogP contribution in [0.2, 0.25) is 0 Å². The number of methoxy groups -OCH3 is 2. The van der Waals surface area contributed by atoms with Crippen LogP contribution in [0.4, 0.5) is 11.4 Å². The van der Waals surface area contributed by atoms with E-state index in [0.29, 0.717) is 16.5 Å². The Balaban J connectivity index is 1.63. The molecular weight excluding hydrogens is 534 g/mol. The highest BCUT2D eigenvalue weighted by atomic mass is 32.1. The van der Waals surface area contributed by atoms with Crippen LogP contribution in [0.5, 0.6) is 11.5 Å². The van der Waals surface area contributed by atoms with Crippen molar-refractivity contribution < 1.29 is 14.3 Å². The first-order valence-corrected chi connectivity index (χ1v) is 13.9. The number of carbonyl (C=O) groups excluding carboxylic acids is 1. The second kappa shape index (κ2) is 11.2. The molecule has 2 aromatic carbocycles. The van der Waals surface area contributed by atoms with Gasteiger partial charge in [0.1, 0.15) is 17.5 Å². The second-order valence-corrected chi connectivity index (χ2v) is 11.4. The summed E-state index contributed by atoms with van der Waals surface area (Å²) in [5.41, 5.74) is 4.90. The van der Waals surface area contributed by atoms with E-state index >= 15 is 0 Å². The molecule has 5 rings (SSSR count). The number of hydrogen-bond donors (Lipinski definition) is 2. The second-order valence-electron chi connectivity index (χ2n) is 11.0. The summed E-state index contributed by atoms with van der Waals surface area (Å²) in [7, 11) is 3.26. The smallest absolute Gasteiger partial charge is 0.229 e. The standard InChI is InChI=1S/C32H35N5O3S/c1-20-10-17-26(36(20)21-11-14-23(39-5)15-12-21)29-28(25-9-7-8-18-33-25)35-31(41)37(29)22-13-16-24(27(19-22)40-6)34-30(38)32(2,3)4/h7-19,28-29H,1-6H3,(H,34,38)(H,35,41)/t28-,29+/m0/s1. The lowest BCUT2D eigenvalue weighted by Crippen LogP contribution is -2.30. The van der Waals surface area contributed by atoms with E-state index in [4.69, 9.17) is 21.7 Å². The first-order valence-electron chi connectivity index (χ1n) is 13.4. The maximum Gasteiger partial charge on any atom is 0.229 e. The zero-order valence-corrected chi connectivity index (χ0v) is 25.0. The SMILES string of the molecule is COc1ccc(-n2c(C)ccc2[C@@H]2[C@H](c3ccccn3)NC(=S)N2c2ccc(NC(=O)C(C)(C)C)c(OC)c2)cc1. The lowest BCUT2D eigenvalue weighted by molar-refractivity contribution is -0.123. The maximum atomic E-state index is 12.7. The van der Waals surface area contributed by atoms with Gasteiger partial charge in [-0.2, -0.15) is 0 Å². The number of amides is 1. The van der Waals surface area contributed by atoms with E-state index in [1.807, 2.05) is 81.4 Å². The summed E-state index contributed by atoms with van der Waals surface area (Å²) in [4.78, 5) is 19.5. The molecule has 41 heavy (non-hydrogen) atoms. The number of pyridine rings is 1. The largest absolute Gasteiger partial charge is 0.497 e. The molecule has 2 N–H and O–H groups in total. The Morgan fingerprint density at radius 2 is 1.71 bits per heavy atom. The summed E-state index contributed by atoms with van der Waals surface area (Å²) in [5, 5.41) is 7.09. The summed E-state index contributed by atoms with van der Waals surface area (Å²) < 4.78 is 13.4. The quantitative estimate of drug-likeness (QED) is 0.251. The van der Waals surface area contributed by atoms with Crippen molar-refractivity contribution >= 4 is 34.6 Å². The van der Waals surface area contributed by atoms with Crippen LogP contribution in [0, 0.1) is 12.3 Å². The fraction of sp³-hybridized carbons (Fsp3) is 0.281. The Morgan fingerprint density at radius 3 is 2.34 bits per heavy atom. The number of aryl methyl sites for hydroxylation is 1. The van der Waals surface area contributed by atoms with Gasteiger partial charge in [-0.25, -0.2) is 0 Å². The number of nitrogens with one attached hydrogen (secondary N) is 2. The molecule has 0 unspecified atom stereocenters. The van der Waals surface area contributed by atoms with Gasteiger partial charge in [-0.3, -0.25) is 9.78 Å². The summed E-state index contributed by atoms with van der Waals surface area (Å²) in [6, 6.07) is 23.4. The molecule has 8 nitrogen and oxygen atoms in total. The lowest BCUT2D eigenvalue weighted by Gasteiger charge is -2.30. The molecule has 0 aliphatic carbocycles. The van der Waals surface area contributed by atoms with Crippen LogP contribution in [-0.4, -0.2) is 34.8 Å². The highest BCUT2D eigenvalue weighted by molar-refractivity contribution is 7.80. The van der Waals surface area contributed by atoms with Gasteiger partial charge in [0.15, 0.2) is 5.11 Å². The molecule has 0 bridgehead atoms. The minimum atomic E-state index is -0.546. The van der Waals surface area contributed by atoms with Crippen LogP contribution in [0.1, 0.15) is 49.9 Å². The van der Waals surface area contributed by atoms with Gasteiger partial charge >= 0.3 is 0 Å². The summed E-state index contributed by atoms with van der Waals surface area (Å²) in [6.07, 6.45) is 1.79. The Hall–Kier alpha value is -4.37. The normalized spacial score (nSPS) is 16.8. The molecule has 1 aliphatic rings. The van der Waals surface area contributed by atoms with Crippen LogP contribution >= 0.6 is 12.2 Å². The van der Waals surface area contributed by atoms with Crippen LogP contribution in [-0.2, 0) is 4.79 Å². The lowest BCUT2D eigenvalue weighted by atomic mass is 9.95. The molecule has 2 atom stereocenters. The number of nitrogens with zero attached hydrogens (tertiary/aromatic N) is 3. The minimum Gasteiger partial charge on any atom is -0.497 e. The van der Waals surface area contributed by atoms with Crippen molar-refractivity contribution in [2.75, 3.05) is 24.4 Å². The Bertz CT molecular complexity index is 1560. The van der Waals surface area contributed by atoms with Crippen molar-refractivity contribution in [3.63, 3.8) is 0 Å². The fourth-order valence-corrected chi connectivity index (χ4v) is 5.40. The molecule has 4 aromatic rings. The third kappa shape index (κ3) is 5.50. The van der Waals surface area contributed by atoms with Crippen LogP contribution in [0.15, 0.2) is 79.0 Å². The molecule has 1 aliphatic heterocycles. The molecule has 212 valence electrons. The number of rotatable bonds is 7. The van der Waals surface area contributed by atoms with Crippen molar-refractivity contribution in [1.29, 1.82) is 0 Å². The summed E-state index contributed by atoms with van der Waals surface area (Å²) in [5.74, 6) is 1.25. The molecule has 0 radical (unpaired) electrons. The molecule has 9 heteroatoms. The summed E-state index contributed by atoms with van der Waals surface area (Å²) >= 11 is 5.96. The van der Waals surface area contributed by atoms with Gasteiger partial charge in [0.2, 0.25) is 5.91 Å². The Kier molecular flexibility index (Phi) is 7.73. The van der Waals surface area contributed by atoms with Gasteiger partial charge in [0.05, 0.1) is 31.6 Å². The van der Waals surface area contributed by atoms with E-state index in [1.54, 1.807) is 20.4 Å². The third-order valence-electron chi connectivity index (χ3n) is 7.23. The van der Waals surface area contributed by atoms with Gasteiger partial charge in [-0.05, 0) is 79.8 Å². The average Bonchev–Trinajstić information content (AvgIpc) is 3.52. The predicted molar refractivity (Wildman–Crippen MR) is 166 cm³/mol. The molecule has 0 saturated carbocycles. The van der Waals surface area contributed by atoms with Gasteiger partial charge in [-0.15, -0.1) is 0 Å². The molecule has 1 amide bonds. The minimum absolute atomic E-state index is 0.0946. The van der Waals surface area contributed by atoms with Crippen molar-refractivity contribution in [1.82, 2.24) is 14.9 Å². The zero-order chi connectivity index (χ0) is 29.3. The average molecular weight is 570 g/mol. The van der Waals surface area contributed by atoms with E-state index in [1.165, 1.54) is 0 Å². The number of hydrogen-bond acceptors (Lipinski definition) is 5. The Morgan fingerprint density at radius 1 is 0.976 bits per heavy atom. The van der Waals surface area contributed by atoms with E-state index in [9.17, 15) is 4.79 Å². The first kappa shape index (κ1) is 28.2. The molecule has 3 heterocycles. The monoisotopic (exact) mass is 569 g/mol. The number of anilines is 2. The number of benzene rings is 2. The highest BCUT2D eigenvalue weighted by Crippen LogP contribution is 2.44. The van der Waals surface area contributed by atoms with E-state index in [-0.39, 0.29) is 18.0 Å². The van der Waals surface area contributed by atoms with Crippen molar-refractivity contribution in [3.05, 3.63) is 96.1 Å². The van der Waals surface area contributed by atoms with E-state index in [2.05, 4.69) is 44.1 Å². The fourth-order valence-electron chi connectivity index (χ4n) is 5.05. The van der Waals surface area contributed by atoms with Crippen molar-refractivity contribution in [2.24, 2.45) is 5.41 Å². The van der Waals surface area contributed by atoms with Crippen molar-refractivity contribution in [2.45, 2.75) is 39.8 Å². The van der Waals surface area contributed by atoms with Crippen LogP contribution in [0.25, 0.3) is 5.69 Å². The predicted octanol–water partition coefficient (Wildman–Crippen LogP) is 6.36.